The van der Waals surface area contributed by atoms with Gasteiger partial charge in [0.2, 0.25) is 0 Å². The molecule has 1 aliphatic rings. The summed E-state index contributed by atoms with van der Waals surface area (Å²) in [5.41, 5.74) is 0.591. The Morgan fingerprint density at radius 3 is 2.54 bits per heavy atom. The molecule has 0 aliphatic carbocycles. The van der Waals surface area contributed by atoms with Crippen LogP contribution in [0.1, 0.15) is 57.8 Å². The molecule has 1 heterocycles. The predicted molar refractivity (Wildman–Crippen MR) is 109 cm³/mol. The Labute approximate surface area is 167 Å². The molecule has 154 valence electrons. The molecular weight excluding hydrogens is 358 g/mol. The number of urea groups is 1. The molecular formula is C21H31N3O4. The summed E-state index contributed by atoms with van der Waals surface area (Å²) in [5, 5.41) is 2.88. The summed E-state index contributed by atoms with van der Waals surface area (Å²) in [5.74, 6) is -0.0501. The summed E-state index contributed by atoms with van der Waals surface area (Å²) in [6.07, 6.45) is 1.35. The van der Waals surface area contributed by atoms with Crippen LogP contribution in [0.15, 0.2) is 24.3 Å². The number of amides is 3. The fourth-order valence-corrected chi connectivity index (χ4v) is 3.21. The SMILES string of the molecule is CCC[C@H]1CN(C(=O)OC(C)(C)C)CCN1C(=O)Nc1cccc(C(C)=O)c1. The van der Waals surface area contributed by atoms with Gasteiger partial charge in [-0.3, -0.25) is 4.79 Å². The van der Waals surface area contributed by atoms with Crippen molar-refractivity contribution < 1.29 is 19.1 Å². The van der Waals surface area contributed by atoms with Crippen molar-refractivity contribution in [2.24, 2.45) is 0 Å². The first kappa shape index (κ1) is 21.7. The van der Waals surface area contributed by atoms with Crippen molar-refractivity contribution >= 4 is 23.6 Å². The smallest absolute Gasteiger partial charge is 0.410 e. The minimum atomic E-state index is -0.548. The molecule has 0 radical (unpaired) electrons. The van der Waals surface area contributed by atoms with E-state index in [1.165, 1.54) is 6.92 Å². The van der Waals surface area contributed by atoms with E-state index in [1.807, 2.05) is 20.8 Å². The van der Waals surface area contributed by atoms with Gasteiger partial charge in [0.05, 0.1) is 6.04 Å². The van der Waals surface area contributed by atoms with Crippen LogP contribution in [0.25, 0.3) is 0 Å². The van der Waals surface area contributed by atoms with Crippen molar-refractivity contribution in [3.8, 4) is 0 Å². The van der Waals surface area contributed by atoms with E-state index < -0.39 is 5.60 Å². The highest BCUT2D eigenvalue weighted by molar-refractivity contribution is 5.96. The van der Waals surface area contributed by atoms with Crippen molar-refractivity contribution in [3.05, 3.63) is 29.8 Å². The van der Waals surface area contributed by atoms with Crippen LogP contribution >= 0.6 is 0 Å². The van der Waals surface area contributed by atoms with E-state index in [0.717, 1.165) is 12.8 Å². The number of nitrogens with zero attached hydrogens (tertiary/aromatic N) is 2. The number of Topliss-reactive ketones (excluding diaryl/α,β-unsaturated/α-hetero) is 1. The molecule has 2 rings (SSSR count). The van der Waals surface area contributed by atoms with Gasteiger partial charge in [-0.15, -0.1) is 0 Å². The minimum Gasteiger partial charge on any atom is -0.444 e. The van der Waals surface area contributed by atoms with E-state index in [2.05, 4.69) is 12.2 Å². The Hall–Kier alpha value is -2.57. The third-order valence-corrected chi connectivity index (χ3v) is 4.54. The lowest BCUT2D eigenvalue weighted by atomic mass is 10.1. The summed E-state index contributed by atoms with van der Waals surface area (Å²) >= 11 is 0. The third kappa shape index (κ3) is 5.97. The maximum atomic E-state index is 12.8. The molecule has 1 atom stereocenters. The summed E-state index contributed by atoms with van der Waals surface area (Å²) < 4.78 is 5.47. The first-order valence-electron chi connectivity index (χ1n) is 9.77. The highest BCUT2D eigenvalue weighted by Gasteiger charge is 2.33. The Bertz CT molecular complexity index is 727. The monoisotopic (exact) mass is 389 g/mol. The summed E-state index contributed by atoms with van der Waals surface area (Å²) in [6.45, 7) is 10.4. The number of piperazine rings is 1. The second-order valence-corrected chi connectivity index (χ2v) is 8.13. The summed E-state index contributed by atoms with van der Waals surface area (Å²) in [6, 6.07) is 6.60. The van der Waals surface area contributed by atoms with Crippen LogP contribution in [0.4, 0.5) is 15.3 Å². The van der Waals surface area contributed by atoms with Gasteiger partial charge in [0.1, 0.15) is 5.60 Å². The van der Waals surface area contributed by atoms with Gasteiger partial charge in [-0.05, 0) is 46.2 Å². The molecule has 0 bridgehead atoms. The standard InChI is InChI=1S/C21H31N3O4/c1-6-8-18-14-23(20(27)28-21(3,4)5)11-12-24(18)19(26)22-17-10-7-9-16(13-17)15(2)25/h7,9-10,13,18H,6,8,11-12,14H2,1-5H3,(H,22,26)/t18-/m0/s1. The van der Waals surface area contributed by atoms with Gasteiger partial charge in [0.15, 0.2) is 5.78 Å². The zero-order chi connectivity index (χ0) is 20.9. The molecule has 1 aromatic carbocycles. The molecule has 28 heavy (non-hydrogen) atoms. The first-order chi connectivity index (χ1) is 13.1. The van der Waals surface area contributed by atoms with E-state index in [-0.39, 0.29) is 23.9 Å². The molecule has 1 saturated heterocycles. The number of carbonyl (C=O) groups is 3. The van der Waals surface area contributed by atoms with Gasteiger partial charge in [-0.25, -0.2) is 9.59 Å². The van der Waals surface area contributed by atoms with Gasteiger partial charge < -0.3 is 19.9 Å². The van der Waals surface area contributed by atoms with Crippen LogP contribution < -0.4 is 5.32 Å². The van der Waals surface area contributed by atoms with E-state index in [0.29, 0.717) is 30.9 Å². The first-order valence-corrected chi connectivity index (χ1v) is 9.77. The zero-order valence-electron chi connectivity index (χ0n) is 17.4. The molecule has 1 fully saturated rings. The second-order valence-electron chi connectivity index (χ2n) is 8.13. The molecule has 3 amide bonds. The van der Waals surface area contributed by atoms with Crippen molar-refractivity contribution in [1.29, 1.82) is 0 Å². The van der Waals surface area contributed by atoms with Crippen LogP contribution in [-0.2, 0) is 4.74 Å². The number of carbonyl (C=O) groups excluding carboxylic acids is 3. The molecule has 0 spiro atoms. The molecule has 0 aromatic heterocycles. The van der Waals surface area contributed by atoms with Crippen LogP contribution in [0.2, 0.25) is 0 Å². The normalized spacial score (nSPS) is 17.2. The lowest BCUT2D eigenvalue weighted by Crippen LogP contribution is -2.58. The lowest BCUT2D eigenvalue weighted by Gasteiger charge is -2.41. The Morgan fingerprint density at radius 1 is 1.21 bits per heavy atom. The van der Waals surface area contributed by atoms with Gasteiger partial charge in [0.25, 0.3) is 0 Å². The molecule has 7 heteroatoms. The van der Waals surface area contributed by atoms with Gasteiger partial charge in [-0.1, -0.05) is 25.5 Å². The Kier molecular flexibility index (Phi) is 7.05. The van der Waals surface area contributed by atoms with Gasteiger partial charge in [-0.2, -0.15) is 0 Å². The van der Waals surface area contributed by atoms with Crippen LogP contribution in [0.3, 0.4) is 0 Å². The zero-order valence-corrected chi connectivity index (χ0v) is 17.4. The summed E-state index contributed by atoms with van der Waals surface area (Å²) in [4.78, 5) is 40.2. The maximum absolute atomic E-state index is 12.8. The maximum Gasteiger partial charge on any atom is 0.410 e. The highest BCUT2D eigenvalue weighted by atomic mass is 16.6. The predicted octanol–water partition coefficient (Wildman–Crippen LogP) is 4.14. The van der Waals surface area contributed by atoms with Crippen molar-refractivity contribution in [2.75, 3.05) is 25.0 Å². The average molecular weight is 389 g/mol. The number of nitrogens with one attached hydrogen (secondary N) is 1. The topological polar surface area (TPSA) is 79.0 Å². The van der Waals surface area contributed by atoms with Crippen molar-refractivity contribution in [3.63, 3.8) is 0 Å². The van der Waals surface area contributed by atoms with E-state index in [4.69, 9.17) is 4.74 Å². The molecule has 1 aliphatic heterocycles. The quantitative estimate of drug-likeness (QED) is 0.785. The number of ether oxygens (including phenoxy) is 1. The van der Waals surface area contributed by atoms with Gasteiger partial charge in [0, 0.05) is 30.9 Å². The third-order valence-electron chi connectivity index (χ3n) is 4.54. The largest absolute Gasteiger partial charge is 0.444 e. The number of hydrogen-bond acceptors (Lipinski definition) is 4. The fraction of sp³-hybridized carbons (Fsp3) is 0.571. The number of ketones is 1. The van der Waals surface area contributed by atoms with Crippen LogP contribution in [0.5, 0.6) is 0 Å². The number of anilines is 1. The number of hydrogen-bond donors (Lipinski definition) is 1. The van der Waals surface area contributed by atoms with E-state index in [1.54, 1.807) is 34.1 Å². The second kappa shape index (κ2) is 9.08. The Balaban J connectivity index is 2.06. The minimum absolute atomic E-state index is 0.0501. The molecule has 7 nitrogen and oxygen atoms in total. The number of benzene rings is 1. The summed E-state index contributed by atoms with van der Waals surface area (Å²) in [7, 11) is 0. The van der Waals surface area contributed by atoms with Crippen LogP contribution in [-0.4, -0.2) is 59.0 Å². The molecule has 0 saturated carbocycles. The van der Waals surface area contributed by atoms with Crippen molar-refractivity contribution in [1.82, 2.24) is 9.80 Å². The van der Waals surface area contributed by atoms with Crippen molar-refractivity contribution in [2.45, 2.75) is 59.1 Å². The van der Waals surface area contributed by atoms with Crippen LogP contribution in [0, 0.1) is 0 Å². The molecule has 0 unspecified atom stereocenters. The number of rotatable bonds is 4. The molecule has 1 aromatic rings. The fourth-order valence-electron chi connectivity index (χ4n) is 3.21. The molecule has 1 N–H and O–H groups in total. The van der Waals surface area contributed by atoms with E-state index in [9.17, 15) is 14.4 Å². The van der Waals surface area contributed by atoms with Gasteiger partial charge >= 0.3 is 12.1 Å². The Morgan fingerprint density at radius 2 is 1.93 bits per heavy atom. The van der Waals surface area contributed by atoms with E-state index >= 15 is 0 Å². The highest BCUT2D eigenvalue weighted by Crippen LogP contribution is 2.20. The lowest BCUT2D eigenvalue weighted by molar-refractivity contribution is 0.00898. The average Bonchev–Trinajstić information content (AvgIpc) is 2.60.